The number of hydrogen-bond acceptors (Lipinski definition) is 10. The minimum atomic E-state index is -1.06. The van der Waals surface area contributed by atoms with Crippen molar-refractivity contribution in [3.8, 4) is 17.7 Å². The Hall–Kier alpha value is -2.97. The number of rotatable bonds is 8. The minimum absolute atomic E-state index is 0.0469. The fraction of sp³-hybridized carbons (Fsp3) is 0.500. The molecule has 4 atom stereocenters. The highest BCUT2D eigenvalue weighted by Gasteiger charge is 2.41. The van der Waals surface area contributed by atoms with Crippen molar-refractivity contribution < 1.29 is 25.2 Å². The van der Waals surface area contributed by atoms with E-state index in [0.717, 1.165) is 0 Å². The predicted octanol–water partition coefficient (Wildman–Crippen LogP) is -0.103. The summed E-state index contributed by atoms with van der Waals surface area (Å²) in [7, 11) is 1.54. The molecule has 2 aromatic heterocycles. The summed E-state index contributed by atoms with van der Waals surface area (Å²) in [5.41, 5.74) is 1.84. The summed E-state index contributed by atoms with van der Waals surface area (Å²) >= 11 is 0. The monoisotopic (exact) mass is 443 g/mol. The van der Waals surface area contributed by atoms with Gasteiger partial charge in [-0.15, -0.1) is 0 Å². The second kappa shape index (κ2) is 11.1. The van der Waals surface area contributed by atoms with Crippen molar-refractivity contribution >= 4 is 11.8 Å². The van der Waals surface area contributed by atoms with Gasteiger partial charge in [-0.1, -0.05) is 11.8 Å². The number of aliphatic hydroxyl groups is 4. The normalized spacial score (nSPS) is 22.2. The smallest absolute Gasteiger partial charge is 0.224 e. The lowest BCUT2D eigenvalue weighted by molar-refractivity contribution is 0.00445. The average Bonchev–Trinajstić information content (AvgIpc) is 3.07. The summed E-state index contributed by atoms with van der Waals surface area (Å²) in [6.07, 6.45) is 0.443. The Labute approximate surface area is 186 Å². The molecule has 2 heterocycles. The fourth-order valence-electron chi connectivity index (χ4n) is 3.52. The summed E-state index contributed by atoms with van der Waals surface area (Å²) in [5.74, 6) is 6.95. The summed E-state index contributed by atoms with van der Waals surface area (Å²) < 4.78 is 5.06. The standard InChI is InChI=1S/C22H29N5O5/c1-13-16(6-4-14-5-7-18(32-2)24-11-14)21(27-22(25-13)23-8-3-9-28)26-17-10-15(12-29)19(30)20(17)31/h5,7,11,15,17,19-20,28-31H,3,8-10,12H2,1-2H3,(H2,23,25,26,27). The van der Waals surface area contributed by atoms with E-state index in [1.807, 2.05) is 0 Å². The lowest BCUT2D eigenvalue weighted by Gasteiger charge is -2.20. The van der Waals surface area contributed by atoms with Crippen LogP contribution in [-0.4, -0.2) is 80.5 Å². The molecule has 2 aromatic rings. The highest BCUT2D eigenvalue weighted by Crippen LogP contribution is 2.30. The SMILES string of the molecule is COc1ccc(C#Cc2c(C)nc(NCCCO)nc2NC2CC(CO)C(O)C2O)cn1. The number of aryl methyl sites for hydroxylation is 1. The van der Waals surface area contributed by atoms with Crippen molar-refractivity contribution in [3.63, 3.8) is 0 Å². The number of ether oxygens (including phenoxy) is 1. The van der Waals surface area contributed by atoms with E-state index in [1.165, 1.54) is 7.11 Å². The van der Waals surface area contributed by atoms with E-state index in [0.29, 0.717) is 53.9 Å². The van der Waals surface area contributed by atoms with Crippen LogP contribution >= 0.6 is 0 Å². The molecule has 0 saturated heterocycles. The van der Waals surface area contributed by atoms with Crippen molar-refractivity contribution in [2.24, 2.45) is 5.92 Å². The van der Waals surface area contributed by atoms with Gasteiger partial charge in [-0.25, -0.2) is 9.97 Å². The number of nitrogens with zero attached hydrogens (tertiary/aromatic N) is 3. The van der Waals surface area contributed by atoms with Crippen LogP contribution in [0.25, 0.3) is 0 Å². The van der Waals surface area contributed by atoms with E-state index in [1.54, 1.807) is 25.3 Å². The van der Waals surface area contributed by atoms with Gasteiger partial charge in [0.15, 0.2) is 0 Å². The molecule has 4 unspecified atom stereocenters. The summed E-state index contributed by atoms with van der Waals surface area (Å²) in [4.78, 5) is 13.1. The Balaban J connectivity index is 1.91. The van der Waals surface area contributed by atoms with Gasteiger partial charge in [-0.2, -0.15) is 4.98 Å². The zero-order chi connectivity index (χ0) is 23.1. The summed E-state index contributed by atoms with van der Waals surface area (Å²) in [5, 5.41) is 45.3. The van der Waals surface area contributed by atoms with Gasteiger partial charge in [0.1, 0.15) is 11.9 Å². The maximum atomic E-state index is 10.4. The molecule has 0 amide bonds. The van der Waals surface area contributed by atoms with Crippen LogP contribution in [0.2, 0.25) is 0 Å². The van der Waals surface area contributed by atoms with Gasteiger partial charge in [-0.3, -0.25) is 0 Å². The van der Waals surface area contributed by atoms with Gasteiger partial charge in [0, 0.05) is 43.5 Å². The third-order valence-electron chi connectivity index (χ3n) is 5.34. The van der Waals surface area contributed by atoms with Crippen LogP contribution in [0.3, 0.4) is 0 Å². The Kier molecular flexibility index (Phi) is 8.19. The molecule has 10 nitrogen and oxygen atoms in total. The molecule has 1 fully saturated rings. The Morgan fingerprint density at radius 1 is 1.16 bits per heavy atom. The molecule has 0 radical (unpaired) electrons. The van der Waals surface area contributed by atoms with Crippen molar-refractivity contribution in [1.29, 1.82) is 0 Å². The zero-order valence-electron chi connectivity index (χ0n) is 18.1. The van der Waals surface area contributed by atoms with Crippen LogP contribution < -0.4 is 15.4 Å². The molecule has 0 aromatic carbocycles. The molecule has 0 spiro atoms. The minimum Gasteiger partial charge on any atom is -0.481 e. The first-order valence-corrected chi connectivity index (χ1v) is 10.5. The molecular formula is C22H29N5O5. The number of anilines is 2. The molecule has 3 rings (SSSR count). The Morgan fingerprint density at radius 3 is 2.59 bits per heavy atom. The molecule has 10 heteroatoms. The topological polar surface area (TPSA) is 153 Å². The van der Waals surface area contributed by atoms with E-state index in [4.69, 9.17) is 9.84 Å². The van der Waals surface area contributed by atoms with Gasteiger partial charge in [-0.05, 0) is 25.8 Å². The van der Waals surface area contributed by atoms with Gasteiger partial charge < -0.3 is 35.8 Å². The number of hydrogen-bond donors (Lipinski definition) is 6. The maximum absolute atomic E-state index is 10.4. The summed E-state index contributed by atoms with van der Waals surface area (Å²) in [6, 6.07) is 2.99. The van der Waals surface area contributed by atoms with Crippen molar-refractivity contribution in [2.45, 2.75) is 38.0 Å². The van der Waals surface area contributed by atoms with E-state index in [9.17, 15) is 15.3 Å². The second-order valence-corrected chi connectivity index (χ2v) is 7.61. The lowest BCUT2D eigenvalue weighted by atomic mass is 10.1. The lowest BCUT2D eigenvalue weighted by Crippen LogP contribution is -2.36. The molecule has 1 aliphatic rings. The van der Waals surface area contributed by atoms with Gasteiger partial charge >= 0.3 is 0 Å². The number of nitrogens with one attached hydrogen (secondary N) is 2. The van der Waals surface area contributed by atoms with Crippen molar-refractivity contribution in [1.82, 2.24) is 15.0 Å². The van der Waals surface area contributed by atoms with Crippen LogP contribution in [0.4, 0.5) is 11.8 Å². The first kappa shape index (κ1) is 23.7. The largest absolute Gasteiger partial charge is 0.481 e. The molecule has 6 N–H and O–H groups in total. The molecule has 1 saturated carbocycles. The fourth-order valence-corrected chi connectivity index (χ4v) is 3.52. The van der Waals surface area contributed by atoms with E-state index >= 15 is 0 Å². The van der Waals surface area contributed by atoms with Crippen LogP contribution in [0.5, 0.6) is 5.88 Å². The quantitative estimate of drug-likeness (QED) is 0.241. The number of pyridine rings is 1. The maximum Gasteiger partial charge on any atom is 0.224 e. The van der Waals surface area contributed by atoms with E-state index in [2.05, 4.69) is 37.4 Å². The third kappa shape index (κ3) is 5.63. The highest BCUT2D eigenvalue weighted by molar-refractivity contribution is 5.60. The second-order valence-electron chi connectivity index (χ2n) is 7.61. The van der Waals surface area contributed by atoms with E-state index < -0.39 is 24.2 Å². The van der Waals surface area contributed by atoms with Gasteiger partial charge in [0.2, 0.25) is 11.8 Å². The van der Waals surface area contributed by atoms with Gasteiger partial charge in [0.25, 0.3) is 0 Å². The number of aliphatic hydroxyl groups excluding tert-OH is 4. The van der Waals surface area contributed by atoms with Gasteiger partial charge in [0.05, 0.1) is 30.5 Å². The first-order chi connectivity index (χ1) is 15.5. The molecule has 1 aliphatic carbocycles. The number of methoxy groups -OCH3 is 1. The Morgan fingerprint density at radius 2 is 1.97 bits per heavy atom. The number of aromatic nitrogens is 3. The molecule has 32 heavy (non-hydrogen) atoms. The van der Waals surface area contributed by atoms with Crippen LogP contribution in [0, 0.1) is 24.7 Å². The average molecular weight is 444 g/mol. The van der Waals surface area contributed by atoms with E-state index in [-0.39, 0.29) is 13.2 Å². The zero-order valence-corrected chi connectivity index (χ0v) is 18.1. The summed E-state index contributed by atoms with van der Waals surface area (Å²) in [6.45, 7) is 2.13. The van der Waals surface area contributed by atoms with Crippen LogP contribution in [-0.2, 0) is 0 Å². The highest BCUT2D eigenvalue weighted by atomic mass is 16.5. The molecule has 0 bridgehead atoms. The Bertz CT molecular complexity index is 960. The van der Waals surface area contributed by atoms with Crippen molar-refractivity contribution in [3.05, 3.63) is 35.2 Å². The van der Waals surface area contributed by atoms with Crippen LogP contribution in [0.1, 0.15) is 29.7 Å². The van der Waals surface area contributed by atoms with Crippen LogP contribution in [0.15, 0.2) is 18.3 Å². The predicted molar refractivity (Wildman–Crippen MR) is 118 cm³/mol. The van der Waals surface area contributed by atoms with Crippen molar-refractivity contribution in [2.75, 3.05) is 37.5 Å². The first-order valence-electron chi connectivity index (χ1n) is 10.5. The molecule has 172 valence electrons. The third-order valence-corrected chi connectivity index (χ3v) is 5.34. The molecule has 0 aliphatic heterocycles. The molecular weight excluding hydrogens is 414 g/mol.